The van der Waals surface area contributed by atoms with Gasteiger partial charge in [0.05, 0.1) is 6.20 Å². The summed E-state index contributed by atoms with van der Waals surface area (Å²) in [6.45, 7) is 2.97. The van der Waals surface area contributed by atoms with Crippen LogP contribution in [-0.4, -0.2) is 19.3 Å². The summed E-state index contributed by atoms with van der Waals surface area (Å²) in [5.41, 5.74) is 2.03. The van der Waals surface area contributed by atoms with Crippen LogP contribution < -0.4 is 16.6 Å². The predicted octanol–water partition coefficient (Wildman–Crippen LogP) is -0.595. The molecule has 0 atom stereocenters. The Balaban J connectivity index is 2.11. The summed E-state index contributed by atoms with van der Waals surface area (Å²) in [6, 6.07) is 0. The van der Waals surface area contributed by atoms with Gasteiger partial charge in [-0.1, -0.05) is 0 Å². The molecule has 0 aliphatic carbocycles. The first-order valence-electron chi connectivity index (χ1n) is 5.96. The normalized spacial score (nSPS) is 10.9. The quantitative estimate of drug-likeness (QED) is 0.772. The second-order valence-corrected chi connectivity index (χ2v) is 4.54. The highest BCUT2D eigenvalue weighted by molar-refractivity contribution is 5.14. The number of nitrogens with zero attached hydrogens (tertiary/aromatic N) is 3. The van der Waals surface area contributed by atoms with E-state index in [1.165, 1.54) is 11.6 Å². The Bertz CT molecular complexity index is 695. The number of aromatic amines is 1. The van der Waals surface area contributed by atoms with Crippen molar-refractivity contribution in [2.45, 2.75) is 20.0 Å². The van der Waals surface area contributed by atoms with Crippen molar-refractivity contribution in [3.63, 3.8) is 0 Å². The molecular formula is C12H17N5O2. The number of nitrogens with one attached hydrogen (secondary N) is 2. The van der Waals surface area contributed by atoms with Gasteiger partial charge in [0, 0.05) is 50.2 Å². The topological polar surface area (TPSA) is 84.7 Å². The Kier molecular flexibility index (Phi) is 3.66. The number of aromatic nitrogens is 4. The van der Waals surface area contributed by atoms with Crippen LogP contribution >= 0.6 is 0 Å². The molecule has 0 fully saturated rings. The zero-order valence-electron chi connectivity index (χ0n) is 11.2. The highest BCUT2D eigenvalue weighted by atomic mass is 16.2. The maximum Gasteiger partial charge on any atom is 0.330 e. The summed E-state index contributed by atoms with van der Waals surface area (Å²) >= 11 is 0. The van der Waals surface area contributed by atoms with Crippen LogP contribution in [0.5, 0.6) is 0 Å². The molecular weight excluding hydrogens is 246 g/mol. The lowest BCUT2D eigenvalue weighted by atomic mass is 10.2. The zero-order valence-corrected chi connectivity index (χ0v) is 11.2. The van der Waals surface area contributed by atoms with Gasteiger partial charge in [-0.05, 0) is 6.92 Å². The summed E-state index contributed by atoms with van der Waals surface area (Å²) in [4.78, 5) is 23.4. The molecule has 0 spiro atoms. The fraction of sp³-hybridized carbons (Fsp3) is 0.417. The summed E-state index contributed by atoms with van der Waals surface area (Å²) in [7, 11) is 3.11. The van der Waals surface area contributed by atoms with Gasteiger partial charge in [-0.25, -0.2) is 4.79 Å². The molecule has 0 bridgehead atoms. The first-order chi connectivity index (χ1) is 9.00. The smallest absolute Gasteiger partial charge is 0.308 e. The molecule has 2 N–H and O–H groups in total. The summed E-state index contributed by atoms with van der Waals surface area (Å²) in [6.07, 6.45) is 3.32. The van der Waals surface area contributed by atoms with Crippen LogP contribution in [0.25, 0.3) is 0 Å². The van der Waals surface area contributed by atoms with Gasteiger partial charge in [-0.2, -0.15) is 5.10 Å². The van der Waals surface area contributed by atoms with E-state index in [9.17, 15) is 9.59 Å². The largest absolute Gasteiger partial charge is 0.330 e. The third-order valence-corrected chi connectivity index (χ3v) is 3.08. The molecule has 19 heavy (non-hydrogen) atoms. The molecule has 7 nitrogen and oxygen atoms in total. The van der Waals surface area contributed by atoms with E-state index in [4.69, 9.17) is 0 Å². The van der Waals surface area contributed by atoms with Crippen LogP contribution in [0.4, 0.5) is 0 Å². The highest BCUT2D eigenvalue weighted by Crippen LogP contribution is 2.01. The SMILES string of the molecule is Cc1[nH]ncc1CNCc1cn(C)c(=O)n(C)c1=O. The first kappa shape index (κ1) is 13.3. The number of hydrogen-bond donors (Lipinski definition) is 2. The predicted molar refractivity (Wildman–Crippen MR) is 70.8 cm³/mol. The van der Waals surface area contributed by atoms with Crippen LogP contribution in [0.3, 0.4) is 0 Å². The molecule has 0 saturated carbocycles. The summed E-state index contributed by atoms with van der Waals surface area (Å²) in [5.74, 6) is 0. The number of hydrogen-bond acceptors (Lipinski definition) is 4. The van der Waals surface area contributed by atoms with Gasteiger partial charge < -0.3 is 9.88 Å². The third kappa shape index (κ3) is 2.65. The maximum atomic E-state index is 11.9. The molecule has 2 aromatic rings. The van der Waals surface area contributed by atoms with Crippen molar-refractivity contribution in [2.75, 3.05) is 0 Å². The van der Waals surface area contributed by atoms with Crippen molar-refractivity contribution in [1.29, 1.82) is 0 Å². The molecule has 0 aliphatic heterocycles. The van der Waals surface area contributed by atoms with Gasteiger partial charge in [0.1, 0.15) is 0 Å². The minimum Gasteiger partial charge on any atom is -0.308 e. The Morgan fingerprint density at radius 2 is 1.95 bits per heavy atom. The molecule has 0 aromatic carbocycles. The van der Waals surface area contributed by atoms with Crippen LogP contribution in [0, 0.1) is 6.92 Å². The molecule has 0 unspecified atom stereocenters. The summed E-state index contributed by atoms with van der Waals surface area (Å²) < 4.78 is 2.52. The second-order valence-electron chi connectivity index (χ2n) is 4.54. The van der Waals surface area contributed by atoms with E-state index in [1.807, 2.05) is 6.92 Å². The monoisotopic (exact) mass is 263 g/mol. The number of rotatable bonds is 4. The van der Waals surface area contributed by atoms with Crippen molar-refractivity contribution in [3.8, 4) is 0 Å². The van der Waals surface area contributed by atoms with Crippen LogP contribution in [0.2, 0.25) is 0 Å². The molecule has 102 valence electrons. The minimum absolute atomic E-state index is 0.264. The van der Waals surface area contributed by atoms with Crippen molar-refractivity contribution in [2.24, 2.45) is 14.1 Å². The zero-order chi connectivity index (χ0) is 14.0. The van der Waals surface area contributed by atoms with Gasteiger partial charge in [-0.15, -0.1) is 0 Å². The first-order valence-corrected chi connectivity index (χ1v) is 5.96. The lowest BCUT2D eigenvalue weighted by molar-refractivity contribution is 0.629. The Morgan fingerprint density at radius 3 is 2.58 bits per heavy atom. The molecule has 0 saturated heterocycles. The average molecular weight is 263 g/mol. The van der Waals surface area contributed by atoms with E-state index < -0.39 is 0 Å². The molecule has 2 rings (SSSR count). The van der Waals surface area contributed by atoms with Gasteiger partial charge in [0.15, 0.2) is 0 Å². The lowest BCUT2D eigenvalue weighted by Crippen LogP contribution is -2.39. The Hall–Kier alpha value is -2.15. The van der Waals surface area contributed by atoms with Crippen molar-refractivity contribution < 1.29 is 0 Å². The maximum absolute atomic E-state index is 11.9. The van der Waals surface area contributed by atoms with Crippen LogP contribution in [0.1, 0.15) is 16.8 Å². The standard InChI is InChI=1S/C12H17N5O2/c1-8-9(6-14-15-8)4-13-5-10-7-16(2)12(19)17(3)11(10)18/h6-7,13H,4-5H2,1-3H3,(H,14,15). The van der Waals surface area contributed by atoms with Crippen LogP contribution in [-0.2, 0) is 27.2 Å². The van der Waals surface area contributed by atoms with Gasteiger partial charge in [0.2, 0.25) is 0 Å². The van der Waals surface area contributed by atoms with Gasteiger partial charge >= 0.3 is 5.69 Å². The van der Waals surface area contributed by atoms with Gasteiger partial charge in [-0.3, -0.25) is 14.5 Å². The van der Waals surface area contributed by atoms with E-state index in [2.05, 4.69) is 15.5 Å². The molecule has 0 aliphatic rings. The molecule has 2 heterocycles. The van der Waals surface area contributed by atoms with E-state index in [1.54, 1.807) is 19.4 Å². The minimum atomic E-state index is -0.320. The van der Waals surface area contributed by atoms with E-state index in [0.717, 1.165) is 15.8 Å². The third-order valence-electron chi connectivity index (χ3n) is 3.08. The number of aryl methyl sites for hydroxylation is 2. The number of H-pyrrole nitrogens is 1. The average Bonchev–Trinajstić information content (AvgIpc) is 2.79. The fourth-order valence-corrected chi connectivity index (χ4v) is 1.89. The summed E-state index contributed by atoms with van der Waals surface area (Å²) in [5, 5.41) is 9.95. The van der Waals surface area contributed by atoms with Gasteiger partial charge in [0.25, 0.3) is 5.56 Å². The van der Waals surface area contributed by atoms with Crippen molar-refractivity contribution >= 4 is 0 Å². The van der Waals surface area contributed by atoms with Crippen molar-refractivity contribution in [1.82, 2.24) is 24.6 Å². The van der Waals surface area contributed by atoms with E-state index in [-0.39, 0.29) is 11.2 Å². The Morgan fingerprint density at radius 1 is 1.26 bits per heavy atom. The fourth-order valence-electron chi connectivity index (χ4n) is 1.89. The van der Waals surface area contributed by atoms with E-state index >= 15 is 0 Å². The Labute approximate surface area is 109 Å². The molecule has 0 radical (unpaired) electrons. The molecule has 7 heteroatoms. The van der Waals surface area contributed by atoms with E-state index in [0.29, 0.717) is 18.7 Å². The molecule has 0 amide bonds. The second kappa shape index (κ2) is 5.23. The molecule has 2 aromatic heterocycles. The van der Waals surface area contributed by atoms with Crippen molar-refractivity contribution in [3.05, 3.63) is 50.1 Å². The lowest BCUT2D eigenvalue weighted by Gasteiger charge is -2.07. The van der Waals surface area contributed by atoms with Crippen LogP contribution in [0.15, 0.2) is 22.0 Å². The highest BCUT2D eigenvalue weighted by Gasteiger charge is 2.07.